The Balaban J connectivity index is 2.31. The molecule has 0 aliphatic heterocycles. The van der Waals surface area contributed by atoms with E-state index in [1.807, 2.05) is 0 Å². The molecule has 0 aromatic heterocycles. The van der Waals surface area contributed by atoms with Crippen LogP contribution in [0.25, 0.3) is 0 Å². The molecule has 0 heterocycles. The van der Waals surface area contributed by atoms with E-state index in [0.29, 0.717) is 10.8 Å². The van der Waals surface area contributed by atoms with E-state index in [1.165, 1.54) is 32.1 Å². The first kappa shape index (κ1) is 11.4. The van der Waals surface area contributed by atoms with E-state index in [1.54, 1.807) is 0 Å². The lowest BCUT2D eigenvalue weighted by Crippen LogP contribution is -2.27. The van der Waals surface area contributed by atoms with E-state index in [4.69, 9.17) is 0 Å². The Bertz CT molecular complexity index is 239. The van der Waals surface area contributed by atoms with Crippen molar-refractivity contribution in [2.45, 2.75) is 56.1 Å². The van der Waals surface area contributed by atoms with Crippen molar-refractivity contribution in [2.75, 3.05) is 0 Å². The zero-order valence-corrected chi connectivity index (χ0v) is 12.5. The lowest BCUT2D eigenvalue weighted by Gasteiger charge is -2.33. The van der Waals surface area contributed by atoms with Crippen LogP contribution in [0.4, 0.5) is 0 Å². The molecule has 82 valence electrons. The molecule has 2 saturated carbocycles. The van der Waals surface area contributed by atoms with Crippen LogP contribution in [-0.2, 0) is 0 Å². The monoisotopic (exact) mass is 322 g/mol. The van der Waals surface area contributed by atoms with Gasteiger partial charge in [0.1, 0.15) is 0 Å². The molecule has 0 nitrogen and oxygen atoms in total. The zero-order chi connectivity index (χ0) is 10.6. The van der Waals surface area contributed by atoms with E-state index in [0.717, 1.165) is 5.92 Å². The highest BCUT2D eigenvalue weighted by Gasteiger charge is 2.77. The highest BCUT2D eigenvalue weighted by atomic mass is 79.9. The van der Waals surface area contributed by atoms with Gasteiger partial charge < -0.3 is 0 Å². The summed E-state index contributed by atoms with van der Waals surface area (Å²) >= 11 is 7.85. The SMILES string of the molecule is CC(C)(C)C12CCCCCC1C2(Br)Br. The van der Waals surface area contributed by atoms with E-state index >= 15 is 0 Å². The van der Waals surface area contributed by atoms with Gasteiger partial charge in [0.15, 0.2) is 0 Å². The molecular formula is C12H20Br2. The molecule has 14 heavy (non-hydrogen) atoms. The minimum atomic E-state index is 0.242. The molecule has 0 aromatic rings. The summed E-state index contributed by atoms with van der Waals surface area (Å²) in [6, 6.07) is 0. The predicted octanol–water partition coefficient (Wildman–Crippen LogP) is 5.10. The first-order valence-electron chi connectivity index (χ1n) is 5.72. The van der Waals surface area contributed by atoms with Gasteiger partial charge in [0.2, 0.25) is 0 Å². The molecule has 2 aliphatic rings. The molecule has 2 heteroatoms. The second-order valence-electron chi connectivity index (χ2n) is 6.00. The Morgan fingerprint density at radius 2 is 1.71 bits per heavy atom. The lowest BCUT2D eigenvalue weighted by molar-refractivity contribution is 0.178. The molecule has 0 bridgehead atoms. The van der Waals surface area contributed by atoms with Gasteiger partial charge in [-0.3, -0.25) is 0 Å². The third kappa shape index (κ3) is 1.29. The van der Waals surface area contributed by atoms with Crippen molar-refractivity contribution in [2.24, 2.45) is 16.7 Å². The van der Waals surface area contributed by atoms with Gasteiger partial charge in [-0.1, -0.05) is 71.9 Å². The van der Waals surface area contributed by atoms with E-state index in [2.05, 4.69) is 52.6 Å². The van der Waals surface area contributed by atoms with Gasteiger partial charge in [-0.15, -0.1) is 0 Å². The minimum Gasteiger partial charge on any atom is -0.0717 e. The van der Waals surface area contributed by atoms with Crippen molar-refractivity contribution >= 4 is 31.9 Å². The fourth-order valence-corrected chi connectivity index (χ4v) is 6.78. The summed E-state index contributed by atoms with van der Waals surface area (Å²) in [7, 11) is 0. The zero-order valence-electron chi connectivity index (χ0n) is 9.37. The van der Waals surface area contributed by atoms with E-state index in [-0.39, 0.29) is 3.23 Å². The molecule has 0 N–H and O–H groups in total. The highest BCUT2D eigenvalue weighted by molar-refractivity contribution is 9.25. The summed E-state index contributed by atoms with van der Waals surface area (Å²) in [5.74, 6) is 0.845. The average molecular weight is 324 g/mol. The molecular weight excluding hydrogens is 304 g/mol. The van der Waals surface area contributed by atoms with Gasteiger partial charge in [-0.25, -0.2) is 0 Å². The Hall–Kier alpha value is 0.960. The fraction of sp³-hybridized carbons (Fsp3) is 1.00. The van der Waals surface area contributed by atoms with Crippen LogP contribution in [0.3, 0.4) is 0 Å². The van der Waals surface area contributed by atoms with Crippen molar-refractivity contribution < 1.29 is 0 Å². The molecule has 0 amide bonds. The summed E-state index contributed by atoms with van der Waals surface area (Å²) in [4.78, 5) is 0. The normalized spacial score (nSPS) is 41.4. The second kappa shape index (κ2) is 3.23. The maximum atomic E-state index is 3.92. The number of halogens is 2. The number of alkyl halides is 2. The molecule has 0 radical (unpaired) electrons. The smallest absolute Gasteiger partial charge is 0.0717 e. The second-order valence-corrected chi connectivity index (χ2v) is 9.56. The molecule has 0 aromatic carbocycles. The van der Waals surface area contributed by atoms with Crippen LogP contribution in [0.5, 0.6) is 0 Å². The van der Waals surface area contributed by atoms with Gasteiger partial charge >= 0.3 is 0 Å². The number of fused-ring (bicyclic) bond motifs is 1. The third-order valence-corrected chi connectivity index (χ3v) is 6.97. The standard InChI is InChI=1S/C12H20Br2/c1-10(2,3)11-8-6-4-5-7-9(11)12(11,13)14/h9H,4-8H2,1-3H3. The first-order valence-corrected chi connectivity index (χ1v) is 7.30. The quantitative estimate of drug-likeness (QED) is 0.544. The molecule has 0 spiro atoms. The topological polar surface area (TPSA) is 0 Å². The Morgan fingerprint density at radius 1 is 1.07 bits per heavy atom. The Morgan fingerprint density at radius 3 is 2.29 bits per heavy atom. The molecule has 2 fully saturated rings. The van der Waals surface area contributed by atoms with Gasteiger partial charge in [-0.05, 0) is 24.2 Å². The average Bonchev–Trinajstić information content (AvgIpc) is 2.59. The van der Waals surface area contributed by atoms with Crippen molar-refractivity contribution in [1.82, 2.24) is 0 Å². The Labute approximate surface area is 104 Å². The molecule has 0 saturated heterocycles. The fourth-order valence-electron chi connectivity index (χ4n) is 3.63. The van der Waals surface area contributed by atoms with E-state index in [9.17, 15) is 0 Å². The van der Waals surface area contributed by atoms with Crippen LogP contribution in [0, 0.1) is 16.7 Å². The van der Waals surface area contributed by atoms with E-state index < -0.39 is 0 Å². The predicted molar refractivity (Wildman–Crippen MR) is 69.0 cm³/mol. The lowest BCUT2D eigenvalue weighted by atomic mass is 9.73. The molecule has 2 aliphatic carbocycles. The molecule has 2 unspecified atom stereocenters. The van der Waals surface area contributed by atoms with Crippen molar-refractivity contribution in [3.63, 3.8) is 0 Å². The number of rotatable bonds is 0. The molecule has 2 atom stereocenters. The highest BCUT2D eigenvalue weighted by Crippen LogP contribution is 2.81. The van der Waals surface area contributed by atoms with Crippen molar-refractivity contribution in [1.29, 1.82) is 0 Å². The maximum absolute atomic E-state index is 3.92. The summed E-state index contributed by atoms with van der Waals surface area (Å²) in [5, 5.41) is 0. The summed E-state index contributed by atoms with van der Waals surface area (Å²) in [6.45, 7) is 7.20. The number of hydrogen-bond donors (Lipinski definition) is 0. The summed E-state index contributed by atoms with van der Waals surface area (Å²) < 4.78 is 0.242. The third-order valence-electron chi connectivity index (χ3n) is 4.45. The Kier molecular flexibility index (Phi) is 2.64. The van der Waals surface area contributed by atoms with Gasteiger partial charge in [-0.2, -0.15) is 0 Å². The van der Waals surface area contributed by atoms with Crippen molar-refractivity contribution in [3.8, 4) is 0 Å². The maximum Gasteiger partial charge on any atom is 0.0904 e. The minimum absolute atomic E-state index is 0.242. The van der Waals surface area contributed by atoms with Crippen LogP contribution in [0.15, 0.2) is 0 Å². The van der Waals surface area contributed by atoms with Gasteiger partial charge in [0.05, 0.1) is 3.23 Å². The largest absolute Gasteiger partial charge is 0.0904 e. The first-order chi connectivity index (χ1) is 6.34. The van der Waals surface area contributed by atoms with Crippen LogP contribution in [0.2, 0.25) is 0 Å². The van der Waals surface area contributed by atoms with Crippen LogP contribution < -0.4 is 0 Å². The van der Waals surface area contributed by atoms with Crippen LogP contribution in [0.1, 0.15) is 52.9 Å². The van der Waals surface area contributed by atoms with Gasteiger partial charge in [0.25, 0.3) is 0 Å². The van der Waals surface area contributed by atoms with Crippen LogP contribution in [-0.4, -0.2) is 3.23 Å². The van der Waals surface area contributed by atoms with Crippen molar-refractivity contribution in [3.05, 3.63) is 0 Å². The number of hydrogen-bond acceptors (Lipinski definition) is 0. The summed E-state index contributed by atoms with van der Waals surface area (Å²) in [5.41, 5.74) is 0.908. The molecule has 2 rings (SSSR count). The summed E-state index contributed by atoms with van der Waals surface area (Å²) in [6.07, 6.45) is 7.05. The van der Waals surface area contributed by atoms with Gasteiger partial charge in [0, 0.05) is 5.41 Å². The van der Waals surface area contributed by atoms with Crippen LogP contribution >= 0.6 is 31.9 Å².